The van der Waals surface area contributed by atoms with Gasteiger partial charge in [-0.1, -0.05) is 17.7 Å². The molecule has 1 amide bonds. The zero-order valence-corrected chi connectivity index (χ0v) is 17.4. The van der Waals surface area contributed by atoms with Crippen LogP contribution in [0.3, 0.4) is 0 Å². The summed E-state index contributed by atoms with van der Waals surface area (Å²) in [6.07, 6.45) is 0.829. The van der Waals surface area contributed by atoms with Crippen LogP contribution >= 0.6 is 0 Å². The lowest BCUT2D eigenvalue weighted by molar-refractivity contribution is -0.256. The van der Waals surface area contributed by atoms with Gasteiger partial charge in [0.05, 0.1) is 38.7 Å². The first kappa shape index (κ1) is 19.7. The highest BCUT2D eigenvalue weighted by atomic mass is 16.7. The molecule has 0 unspecified atom stereocenters. The molecule has 1 spiro atoms. The molecular weight excluding hydrogens is 370 g/mol. The Bertz CT molecular complexity index is 917. The number of fused-ring (bicyclic) bond motifs is 2. The predicted molar refractivity (Wildman–Crippen MR) is 109 cm³/mol. The maximum Gasteiger partial charge on any atom is 0.292 e. The van der Waals surface area contributed by atoms with Gasteiger partial charge in [0.15, 0.2) is 11.5 Å². The normalized spacial score (nSPS) is 17.7. The molecule has 4 rings (SSSR count). The molecule has 6 nitrogen and oxygen atoms in total. The van der Waals surface area contributed by atoms with Gasteiger partial charge in [0.25, 0.3) is 11.7 Å². The number of anilines is 1. The van der Waals surface area contributed by atoms with E-state index in [0.717, 1.165) is 28.8 Å². The van der Waals surface area contributed by atoms with E-state index in [1.807, 2.05) is 57.2 Å². The Morgan fingerprint density at radius 2 is 1.86 bits per heavy atom. The van der Waals surface area contributed by atoms with E-state index in [1.165, 1.54) is 0 Å². The van der Waals surface area contributed by atoms with Gasteiger partial charge in [-0.3, -0.25) is 4.79 Å². The van der Waals surface area contributed by atoms with Crippen molar-refractivity contribution in [3.05, 3.63) is 53.1 Å². The summed E-state index contributed by atoms with van der Waals surface area (Å²) in [5, 5.41) is 0. The molecule has 0 aromatic heterocycles. The topological polar surface area (TPSA) is 57.2 Å². The average molecular weight is 397 g/mol. The zero-order chi connectivity index (χ0) is 20.6. The number of ether oxygens (including phenoxy) is 4. The highest BCUT2D eigenvalue weighted by Crippen LogP contribution is 2.46. The molecule has 2 heterocycles. The van der Waals surface area contributed by atoms with Crippen molar-refractivity contribution in [3.63, 3.8) is 0 Å². The first-order valence-corrected chi connectivity index (χ1v) is 9.99. The van der Waals surface area contributed by atoms with Crippen molar-refractivity contribution in [2.45, 2.75) is 45.6 Å². The van der Waals surface area contributed by atoms with Gasteiger partial charge in [0.1, 0.15) is 0 Å². The van der Waals surface area contributed by atoms with E-state index < -0.39 is 5.79 Å². The average Bonchev–Trinajstić information content (AvgIpc) is 2.91. The monoisotopic (exact) mass is 397 g/mol. The third-order valence-corrected chi connectivity index (χ3v) is 5.15. The molecule has 0 atom stereocenters. The Balaban J connectivity index is 1.68. The van der Waals surface area contributed by atoms with E-state index in [0.29, 0.717) is 31.3 Å². The molecule has 29 heavy (non-hydrogen) atoms. The number of rotatable bonds is 5. The molecule has 2 aromatic carbocycles. The number of hydrogen-bond donors (Lipinski definition) is 0. The van der Waals surface area contributed by atoms with Crippen LogP contribution in [0.2, 0.25) is 0 Å². The van der Waals surface area contributed by atoms with E-state index in [1.54, 1.807) is 12.0 Å². The second kappa shape index (κ2) is 7.69. The third-order valence-electron chi connectivity index (χ3n) is 5.15. The summed E-state index contributed by atoms with van der Waals surface area (Å²) in [5.41, 5.74) is 3.61. The summed E-state index contributed by atoms with van der Waals surface area (Å²) in [6, 6.07) is 11.7. The van der Waals surface area contributed by atoms with Crippen LogP contribution in [0, 0.1) is 6.92 Å². The Kier molecular flexibility index (Phi) is 5.23. The van der Waals surface area contributed by atoms with Gasteiger partial charge >= 0.3 is 0 Å². The van der Waals surface area contributed by atoms with Gasteiger partial charge in [-0.05, 0) is 57.0 Å². The van der Waals surface area contributed by atoms with Crippen LogP contribution in [-0.4, -0.2) is 32.3 Å². The van der Waals surface area contributed by atoms with E-state index in [-0.39, 0.29) is 12.0 Å². The van der Waals surface area contributed by atoms with Gasteiger partial charge in [-0.25, -0.2) is 0 Å². The van der Waals surface area contributed by atoms with E-state index >= 15 is 0 Å². The Labute approximate surface area is 171 Å². The molecule has 2 aliphatic heterocycles. The SMILES string of the molecule is COc1cc(CN2C(=O)C3(OCCCO3)c3cc(C)ccc32)ccc1OC(C)C. The minimum Gasteiger partial charge on any atom is -0.493 e. The molecule has 1 fully saturated rings. The van der Waals surface area contributed by atoms with Crippen molar-refractivity contribution in [1.29, 1.82) is 0 Å². The molecule has 2 aliphatic rings. The fourth-order valence-corrected chi connectivity index (χ4v) is 3.86. The van der Waals surface area contributed by atoms with E-state index in [2.05, 4.69) is 0 Å². The summed E-state index contributed by atoms with van der Waals surface area (Å²) < 4.78 is 23.2. The lowest BCUT2D eigenvalue weighted by Gasteiger charge is -2.32. The summed E-state index contributed by atoms with van der Waals surface area (Å²) >= 11 is 0. The molecule has 2 aromatic rings. The number of amides is 1. The van der Waals surface area contributed by atoms with Crippen molar-refractivity contribution in [1.82, 2.24) is 0 Å². The summed E-state index contributed by atoms with van der Waals surface area (Å²) in [7, 11) is 1.62. The first-order valence-electron chi connectivity index (χ1n) is 9.99. The second-order valence-electron chi connectivity index (χ2n) is 7.73. The van der Waals surface area contributed by atoms with Crippen molar-refractivity contribution < 1.29 is 23.7 Å². The molecule has 0 saturated carbocycles. The number of methoxy groups -OCH3 is 1. The molecule has 0 bridgehead atoms. The second-order valence-corrected chi connectivity index (χ2v) is 7.73. The largest absolute Gasteiger partial charge is 0.493 e. The van der Waals surface area contributed by atoms with Crippen molar-refractivity contribution in [2.24, 2.45) is 0 Å². The number of hydrogen-bond acceptors (Lipinski definition) is 5. The van der Waals surface area contributed by atoms with Crippen LogP contribution in [0.1, 0.15) is 37.0 Å². The van der Waals surface area contributed by atoms with E-state index in [9.17, 15) is 4.79 Å². The van der Waals surface area contributed by atoms with Crippen LogP contribution in [0.5, 0.6) is 11.5 Å². The number of carbonyl (C=O) groups excluding carboxylic acids is 1. The van der Waals surface area contributed by atoms with Gasteiger partial charge < -0.3 is 23.8 Å². The summed E-state index contributed by atoms with van der Waals surface area (Å²) in [5.74, 6) is -0.179. The maximum atomic E-state index is 13.4. The molecule has 0 aliphatic carbocycles. The van der Waals surface area contributed by atoms with Crippen LogP contribution in [0.25, 0.3) is 0 Å². The summed E-state index contributed by atoms with van der Waals surface area (Å²) in [4.78, 5) is 15.2. The van der Waals surface area contributed by atoms with Crippen LogP contribution in [0.15, 0.2) is 36.4 Å². The highest BCUT2D eigenvalue weighted by Gasteiger charge is 2.54. The molecule has 1 saturated heterocycles. The third kappa shape index (κ3) is 3.47. The molecule has 154 valence electrons. The smallest absolute Gasteiger partial charge is 0.292 e. The highest BCUT2D eigenvalue weighted by molar-refractivity contribution is 6.06. The fraction of sp³-hybridized carbons (Fsp3) is 0.435. The van der Waals surface area contributed by atoms with Crippen molar-refractivity contribution in [2.75, 3.05) is 25.2 Å². The predicted octanol–water partition coefficient (Wildman–Crippen LogP) is 3.93. The number of carbonyl (C=O) groups is 1. The summed E-state index contributed by atoms with van der Waals surface area (Å²) in [6.45, 7) is 7.34. The minimum atomic E-state index is -1.33. The lowest BCUT2D eigenvalue weighted by Crippen LogP contribution is -2.47. The number of nitrogens with zero attached hydrogens (tertiary/aromatic N) is 1. The zero-order valence-electron chi connectivity index (χ0n) is 17.4. The number of aryl methyl sites for hydroxylation is 1. The van der Waals surface area contributed by atoms with Gasteiger partial charge in [0.2, 0.25) is 0 Å². The van der Waals surface area contributed by atoms with Crippen LogP contribution < -0.4 is 14.4 Å². The van der Waals surface area contributed by atoms with Gasteiger partial charge in [-0.2, -0.15) is 0 Å². The molecule has 0 N–H and O–H groups in total. The Morgan fingerprint density at radius 3 is 2.55 bits per heavy atom. The van der Waals surface area contributed by atoms with Crippen LogP contribution in [-0.2, 0) is 26.6 Å². The molecule has 0 radical (unpaired) electrons. The fourth-order valence-electron chi connectivity index (χ4n) is 3.86. The standard InChI is InChI=1S/C23H27NO5/c1-15(2)29-20-9-7-17(13-21(20)26-4)14-24-19-8-6-16(3)12-18(19)23(22(24)25)27-10-5-11-28-23/h6-9,12-13,15H,5,10-11,14H2,1-4H3. The Morgan fingerprint density at radius 1 is 1.10 bits per heavy atom. The minimum absolute atomic E-state index is 0.0467. The maximum absolute atomic E-state index is 13.4. The van der Waals surface area contributed by atoms with Crippen LogP contribution in [0.4, 0.5) is 5.69 Å². The molecule has 6 heteroatoms. The van der Waals surface area contributed by atoms with Gasteiger partial charge in [0, 0.05) is 5.56 Å². The van der Waals surface area contributed by atoms with Crippen molar-refractivity contribution >= 4 is 11.6 Å². The molecular formula is C23H27NO5. The first-order chi connectivity index (χ1) is 13.9. The lowest BCUT2D eigenvalue weighted by atomic mass is 10.0. The quantitative estimate of drug-likeness (QED) is 0.765. The Hall–Kier alpha value is -2.57. The number of benzene rings is 2. The van der Waals surface area contributed by atoms with Crippen molar-refractivity contribution in [3.8, 4) is 11.5 Å². The van der Waals surface area contributed by atoms with E-state index in [4.69, 9.17) is 18.9 Å². The van der Waals surface area contributed by atoms with Gasteiger partial charge in [-0.15, -0.1) is 0 Å².